The first kappa shape index (κ1) is 20.0. The van der Waals surface area contributed by atoms with Gasteiger partial charge in [-0.25, -0.2) is 9.67 Å². The first-order valence-electron chi connectivity index (χ1n) is 10.8. The highest BCUT2D eigenvalue weighted by atomic mass is 16.5. The molecule has 2 aliphatic heterocycles. The quantitative estimate of drug-likeness (QED) is 0.658. The minimum absolute atomic E-state index is 0.790. The molecule has 2 aliphatic rings. The lowest BCUT2D eigenvalue weighted by atomic mass is 10.2. The third kappa shape index (κ3) is 5.04. The van der Waals surface area contributed by atoms with E-state index in [2.05, 4.69) is 50.4 Å². The van der Waals surface area contributed by atoms with Gasteiger partial charge in [0.05, 0.1) is 37.8 Å². The van der Waals surface area contributed by atoms with E-state index in [1.807, 2.05) is 29.2 Å². The second-order valence-corrected chi connectivity index (χ2v) is 7.81. The Bertz CT molecular complexity index is 978. The zero-order chi connectivity index (χ0) is 20.9. The van der Waals surface area contributed by atoms with Crippen LogP contribution < -0.4 is 10.2 Å². The van der Waals surface area contributed by atoms with Crippen LogP contribution in [0.15, 0.2) is 54.9 Å². The molecule has 0 saturated carbocycles. The van der Waals surface area contributed by atoms with Crippen LogP contribution in [-0.2, 0) is 16.0 Å². The molecule has 0 spiro atoms. The molecule has 8 nitrogen and oxygen atoms in total. The molecule has 5 rings (SSSR count). The fraction of sp³-hybridized carbons (Fsp3) is 0.391. The summed E-state index contributed by atoms with van der Waals surface area (Å²) in [6.07, 6.45) is 3.81. The number of anilines is 3. The zero-order valence-corrected chi connectivity index (χ0v) is 17.6. The van der Waals surface area contributed by atoms with Gasteiger partial charge < -0.3 is 19.7 Å². The molecular formula is C23H28N6O2. The van der Waals surface area contributed by atoms with Gasteiger partial charge in [0.25, 0.3) is 0 Å². The van der Waals surface area contributed by atoms with Crippen LogP contribution in [-0.4, -0.2) is 72.3 Å². The topological polar surface area (TPSA) is 67.7 Å². The Morgan fingerprint density at radius 1 is 0.839 bits per heavy atom. The van der Waals surface area contributed by atoms with Crippen LogP contribution in [0.1, 0.15) is 5.69 Å². The van der Waals surface area contributed by atoms with Gasteiger partial charge in [-0.05, 0) is 36.4 Å². The minimum atomic E-state index is 0.790. The Hall–Kier alpha value is -2.94. The number of nitrogens with one attached hydrogen (secondary N) is 1. The van der Waals surface area contributed by atoms with Gasteiger partial charge in [-0.2, -0.15) is 5.10 Å². The summed E-state index contributed by atoms with van der Waals surface area (Å²) in [5.74, 6) is 0.793. The van der Waals surface area contributed by atoms with Crippen molar-refractivity contribution in [3.63, 3.8) is 0 Å². The second-order valence-electron chi connectivity index (χ2n) is 7.81. The van der Waals surface area contributed by atoms with Gasteiger partial charge in [-0.3, -0.25) is 4.90 Å². The van der Waals surface area contributed by atoms with E-state index in [9.17, 15) is 0 Å². The molecule has 0 atom stereocenters. The van der Waals surface area contributed by atoms with Crippen molar-refractivity contribution in [1.29, 1.82) is 0 Å². The van der Waals surface area contributed by atoms with E-state index in [-0.39, 0.29) is 0 Å². The SMILES string of the molecule is c1cc(-n2ccc(CN3CCOCC3)n2)cc(Nc2ccc(N3CCOCC3)cc2)n1. The highest BCUT2D eigenvalue weighted by Crippen LogP contribution is 2.22. The number of hydrogen-bond acceptors (Lipinski definition) is 7. The van der Waals surface area contributed by atoms with Gasteiger partial charge in [0.1, 0.15) is 5.82 Å². The highest BCUT2D eigenvalue weighted by molar-refractivity contribution is 5.62. The van der Waals surface area contributed by atoms with Crippen molar-refractivity contribution in [2.75, 3.05) is 62.8 Å². The lowest BCUT2D eigenvalue weighted by molar-refractivity contribution is 0.0336. The van der Waals surface area contributed by atoms with Gasteiger partial charge in [-0.15, -0.1) is 0 Å². The van der Waals surface area contributed by atoms with E-state index in [4.69, 9.17) is 14.6 Å². The molecule has 2 saturated heterocycles. The number of pyridine rings is 1. The van der Waals surface area contributed by atoms with Crippen LogP contribution in [0.2, 0.25) is 0 Å². The number of aromatic nitrogens is 3. The summed E-state index contributed by atoms with van der Waals surface area (Å²) in [5, 5.41) is 8.15. The molecule has 0 amide bonds. The van der Waals surface area contributed by atoms with E-state index in [1.54, 1.807) is 0 Å². The normalized spacial score (nSPS) is 17.6. The predicted octanol–water partition coefficient (Wildman–Crippen LogP) is 2.68. The smallest absolute Gasteiger partial charge is 0.132 e. The third-order valence-corrected chi connectivity index (χ3v) is 5.66. The summed E-state index contributed by atoms with van der Waals surface area (Å²) in [5.41, 5.74) is 4.28. The summed E-state index contributed by atoms with van der Waals surface area (Å²) < 4.78 is 12.8. The molecule has 8 heteroatoms. The molecule has 0 aliphatic carbocycles. The molecule has 4 heterocycles. The second kappa shape index (κ2) is 9.47. The summed E-state index contributed by atoms with van der Waals surface area (Å²) in [7, 11) is 0. The number of rotatable bonds is 6. The maximum atomic E-state index is 5.43. The Morgan fingerprint density at radius 2 is 1.58 bits per heavy atom. The molecule has 162 valence electrons. The predicted molar refractivity (Wildman–Crippen MR) is 120 cm³/mol. The summed E-state index contributed by atoms with van der Waals surface area (Å²) in [6.45, 7) is 7.82. The Kier molecular flexibility index (Phi) is 6.10. The number of nitrogens with zero attached hydrogens (tertiary/aromatic N) is 5. The summed E-state index contributed by atoms with van der Waals surface area (Å²) in [4.78, 5) is 9.19. The molecule has 1 aromatic carbocycles. The molecule has 2 fully saturated rings. The molecule has 2 aromatic heterocycles. The first-order valence-corrected chi connectivity index (χ1v) is 10.8. The average molecular weight is 421 g/mol. The maximum absolute atomic E-state index is 5.43. The number of benzene rings is 1. The third-order valence-electron chi connectivity index (χ3n) is 5.66. The van der Waals surface area contributed by atoms with Crippen LogP contribution in [0.5, 0.6) is 0 Å². The van der Waals surface area contributed by atoms with Crippen LogP contribution in [0.25, 0.3) is 5.69 Å². The van der Waals surface area contributed by atoms with Crippen LogP contribution in [0.3, 0.4) is 0 Å². The summed E-state index contributed by atoms with van der Waals surface area (Å²) in [6, 6.07) is 14.5. The molecule has 0 bridgehead atoms. The minimum Gasteiger partial charge on any atom is -0.379 e. The van der Waals surface area contributed by atoms with E-state index < -0.39 is 0 Å². The van der Waals surface area contributed by atoms with Crippen LogP contribution >= 0.6 is 0 Å². The van der Waals surface area contributed by atoms with Crippen LogP contribution in [0, 0.1) is 0 Å². The lowest BCUT2D eigenvalue weighted by Gasteiger charge is -2.28. The van der Waals surface area contributed by atoms with Crippen LogP contribution in [0.4, 0.5) is 17.2 Å². The lowest BCUT2D eigenvalue weighted by Crippen LogP contribution is -2.36. The van der Waals surface area contributed by atoms with E-state index >= 15 is 0 Å². The van der Waals surface area contributed by atoms with Crippen molar-refractivity contribution in [2.24, 2.45) is 0 Å². The molecule has 31 heavy (non-hydrogen) atoms. The molecule has 0 unspecified atom stereocenters. The number of ether oxygens (including phenoxy) is 2. The molecule has 1 N–H and O–H groups in total. The fourth-order valence-electron chi connectivity index (χ4n) is 3.93. The van der Waals surface area contributed by atoms with E-state index in [1.165, 1.54) is 5.69 Å². The van der Waals surface area contributed by atoms with E-state index in [0.29, 0.717) is 0 Å². The van der Waals surface area contributed by atoms with Crippen molar-refractivity contribution in [3.8, 4) is 5.69 Å². The van der Waals surface area contributed by atoms with Crippen molar-refractivity contribution < 1.29 is 9.47 Å². The Labute approximate surface area is 182 Å². The van der Waals surface area contributed by atoms with Gasteiger partial charge >= 0.3 is 0 Å². The number of morpholine rings is 2. The van der Waals surface area contributed by atoms with Crippen molar-refractivity contribution >= 4 is 17.2 Å². The van der Waals surface area contributed by atoms with Crippen molar-refractivity contribution in [3.05, 3.63) is 60.6 Å². The van der Waals surface area contributed by atoms with E-state index in [0.717, 1.165) is 82.0 Å². The van der Waals surface area contributed by atoms with Crippen molar-refractivity contribution in [2.45, 2.75) is 6.54 Å². The fourth-order valence-corrected chi connectivity index (χ4v) is 3.93. The summed E-state index contributed by atoms with van der Waals surface area (Å²) >= 11 is 0. The largest absolute Gasteiger partial charge is 0.379 e. The molecular weight excluding hydrogens is 392 g/mol. The van der Waals surface area contributed by atoms with Gasteiger partial charge in [-0.1, -0.05) is 0 Å². The Balaban J connectivity index is 1.24. The first-order chi connectivity index (χ1) is 15.3. The average Bonchev–Trinajstić information content (AvgIpc) is 3.30. The Morgan fingerprint density at radius 3 is 2.35 bits per heavy atom. The molecule has 0 radical (unpaired) electrons. The molecule has 3 aromatic rings. The number of hydrogen-bond donors (Lipinski definition) is 1. The maximum Gasteiger partial charge on any atom is 0.132 e. The monoisotopic (exact) mass is 420 g/mol. The van der Waals surface area contributed by atoms with Gasteiger partial charge in [0, 0.05) is 62.6 Å². The zero-order valence-electron chi connectivity index (χ0n) is 17.6. The van der Waals surface area contributed by atoms with Crippen molar-refractivity contribution in [1.82, 2.24) is 19.7 Å². The highest BCUT2D eigenvalue weighted by Gasteiger charge is 2.13. The van der Waals surface area contributed by atoms with Gasteiger partial charge in [0.15, 0.2) is 0 Å². The van der Waals surface area contributed by atoms with Gasteiger partial charge in [0.2, 0.25) is 0 Å². The standard InChI is InChI=1S/C23H28N6O2/c1-3-21(28-11-15-31-16-12-28)4-2-19(1)25-23-17-22(5-7-24-23)29-8-6-20(26-29)18-27-9-13-30-14-10-27/h1-8,17H,9-16,18H2,(H,24,25).